The number of imidazole rings is 1. The van der Waals surface area contributed by atoms with Gasteiger partial charge in [-0.1, -0.05) is 18.5 Å². The zero-order chi connectivity index (χ0) is 25.9. The fraction of sp³-hybridized carbons (Fsp3) is 0.435. The molecular weight excluding hydrogens is 495 g/mol. The van der Waals surface area contributed by atoms with Crippen LogP contribution in [0.2, 0.25) is 5.02 Å². The average Bonchev–Trinajstić information content (AvgIpc) is 3.55. The Morgan fingerprint density at radius 1 is 1.22 bits per heavy atom. The zero-order valence-corrected chi connectivity index (χ0v) is 20.1. The minimum absolute atomic E-state index is 0.140. The smallest absolute Gasteiger partial charge is 0.364 e. The van der Waals surface area contributed by atoms with E-state index in [1.807, 2.05) is 13.0 Å². The van der Waals surface area contributed by atoms with Crippen molar-refractivity contribution in [2.24, 2.45) is 0 Å². The molecule has 1 saturated carbocycles. The Morgan fingerprint density at radius 3 is 2.67 bits per heavy atom. The van der Waals surface area contributed by atoms with E-state index in [-0.39, 0.29) is 30.1 Å². The molecule has 0 amide bonds. The lowest BCUT2D eigenvalue weighted by atomic mass is 9.95. The van der Waals surface area contributed by atoms with Gasteiger partial charge in [-0.05, 0) is 49.4 Å². The fourth-order valence-electron chi connectivity index (χ4n) is 3.64. The third-order valence-electron chi connectivity index (χ3n) is 5.74. The Labute approximate surface area is 210 Å². The molecule has 1 aromatic carbocycles. The van der Waals surface area contributed by atoms with E-state index in [4.69, 9.17) is 11.6 Å². The van der Waals surface area contributed by atoms with Crippen molar-refractivity contribution in [1.82, 2.24) is 24.9 Å². The van der Waals surface area contributed by atoms with Crippen LogP contribution < -0.4 is 16.0 Å². The summed E-state index contributed by atoms with van der Waals surface area (Å²) in [5.41, 5.74) is 2.09. The summed E-state index contributed by atoms with van der Waals surface area (Å²) < 4.78 is 38.4. The SMILES string of the molecule is CC(CCNCCC(F)(F)F)c1cc(C#N)cc(Nc2nc(NC3CC3)c3ncc(C#N)n3n2)c1Cl. The van der Waals surface area contributed by atoms with Crippen molar-refractivity contribution in [3.05, 3.63) is 40.2 Å². The number of aromatic nitrogens is 4. The molecule has 3 aromatic rings. The average molecular weight is 518 g/mol. The van der Waals surface area contributed by atoms with E-state index < -0.39 is 12.6 Å². The standard InChI is InChI=1S/C23H23ClF3N9/c1-13(4-6-30-7-5-23(25,26)27)17-8-14(10-28)9-18(19(17)24)33-22-34-20(32-15-2-3-15)21-31-12-16(11-29)36(21)35-22/h8-9,12-13,15,30H,2-7H2,1H3,(H2,32,33,34,35). The van der Waals surface area contributed by atoms with Crippen LogP contribution in [-0.4, -0.2) is 44.9 Å². The zero-order valence-electron chi connectivity index (χ0n) is 19.3. The molecule has 4 rings (SSSR count). The Hall–Kier alpha value is -3.61. The molecule has 2 heterocycles. The maximum atomic E-state index is 12.3. The van der Waals surface area contributed by atoms with Crippen molar-refractivity contribution in [1.29, 1.82) is 10.5 Å². The largest absolute Gasteiger partial charge is 0.390 e. The number of halogens is 4. The monoisotopic (exact) mass is 517 g/mol. The van der Waals surface area contributed by atoms with E-state index in [0.29, 0.717) is 46.3 Å². The summed E-state index contributed by atoms with van der Waals surface area (Å²) in [4.78, 5) is 8.76. The summed E-state index contributed by atoms with van der Waals surface area (Å²) in [6.45, 7) is 2.09. The first kappa shape index (κ1) is 25.5. The van der Waals surface area contributed by atoms with Crippen LogP contribution in [0.1, 0.15) is 55.3 Å². The van der Waals surface area contributed by atoms with Gasteiger partial charge in [0, 0.05) is 12.6 Å². The number of hydrogen-bond donors (Lipinski definition) is 3. The molecule has 3 N–H and O–H groups in total. The molecule has 1 aliphatic rings. The van der Waals surface area contributed by atoms with Gasteiger partial charge in [-0.3, -0.25) is 0 Å². The maximum absolute atomic E-state index is 12.3. The molecule has 2 aromatic heterocycles. The van der Waals surface area contributed by atoms with Gasteiger partial charge in [0.05, 0.1) is 35.0 Å². The van der Waals surface area contributed by atoms with Crippen LogP contribution in [0, 0.1) is 22.7 Å². The number of anilines is 3. The normalized spacial score (nSPS) is 14.3. The number of hydrogen-bond acceptors (Lipinski definition) is 8. The molecule has 0 bridgehead atoms. The van der Waals surface area contributed by atoms with Gasteiger partial charge < -0.3 is 16.0 Å². The second-order valence-electron chi connectivity index (χ2n) is 8.66. The topological polar surface area (TPSA) is 127 Å². The molecule has 1 fully saturated rings. The molecular formula is C23H23ClF3N9. The number of alkyl halides is 3. The van der Waals surface area contributed by atoms with Gasteiger partial charge in [-0.25, -0.2) is 4.98 Å². The first-order valence-corrected chi connectivity index (χ1v) is 11.8. The highest BCUT2D eigenvalue weighted by Crippen LogP contribution is 2.36. The number of rotatable bonds is 10. The van der Waals surface area contributed by atoms with E-state index in [1.165, 1.54) is 10.7 Å². The predicted molar refractivity (Wildman–Crippen MR) is 128 cm³/mol. The molecule has 0 aliphatic heterocycles. The lowest BCUT2D eigenvalue weighted by Crippen LogP contribution is -2.23. The molecule has 9 nitrogen and oxygen atoms in total. The summed E-state index contributed by atoms with van der Waals surface area (Å²) in [5.74, 6) is 0.492. The second-order valence-corrected chi connectivity index (χ2v) is 9.04. The minimum Gasteiger partial charge on any atom is -0.364 e. The summed E-state index contributed by atoms with van der Waals surface area (Å²) in [7, 11) is 0. The summed E-state index contributed by atoms with van der Waals surface area (Å²) >= 11 is 6.69. The van der Waals surface area contributed by atoms with Gasteiger partial charge in [-0.15, -0.1) is 5.10 Å². The lowest BCUT2D eigenvalue weighted by Gasteiger charge is -2.18. The molecule has 1 atom stereocenters. The maximum Gasteiger partial charge on any atom is 0.390 e. The molecule has 188 valence electrons. The molecule has 36 heavy (non-hydrogen) atoms. The van der Waals surface area contributed by atoms with Gasteiger partial charge >= 0.3 is 6.18 Å². The van der Waals surface area contributed by atoms with E-state index in [0.717, 1.165) is 12.8 Å². The third-order valence-corrected chi connectivity index (χ3v) is 6.16. The molecule has 1 aliphatic carbocycles. The highest BCUT2D eigenvalue weighted by atomic mass is 35.5. The van der Waals surface area contributed by atoms with Crippen molar-refractivity contribution >= 4 is 34.7 Å². The number of nitrogens with zero attached hydrogens (tertiary/aromatic N) is 6. The van der Waals surface area contributed by atoms with Crippen molar-refractivity contribution < 1.29 is 13.2 Å². The van der Waals surface area contributed by atoms with Gasteiger partial charge in [0.2, 0.25) is 5.95 Å². The Bertz CT molecular complexity index is 1340. The second kappa shape index (κ2) is 10.6. The van der Waals surface area contributed by atoms with E-state index in [1.54, 1.807) is 12.1 Å². The van der Waals surface area contributed by atoms with Crippen LogP contribution in [0.25, 0.3) is 5.65 Å². The molecule has 1 unspecified atom stereocenters. The van der Waals surface area contributed by atoms with Crippen LogP contribution >= 0.6 is 11.6 Å². The number of nitrogens with one attached hydrogen (secondary N) is 3. The number of benzene rings is 1. The van der Waals surface area contributed by atoms with Crippen LogP contribution in [0.15, 0.2) is 18.3 Å². The summed E-state index contributed by atoms with van der Waals surface area (Å²) in [5, 5.41) is 32.8. The van der Waals surface area contributed by atoms with Gasteiger partial charge in [0.25, 0.3) is 0 Å². The quantitative estimate of drug-likeness (QED) is 0.325. The van der Waals surface area contributed by atoms with Gasteiger partial charge in [0.15, 0.2) is 17.2 Å². The molecule has 0 spiro atoms. The van der Waals surface area contributed by atoms with Gasteiger partial charge in [0.1, 0.15) is 6.07 Å². The molecule has 0 saturated heterocycles. The highest BCUT2D eigenvalue weighted by molar-refractivity contribution is 6.34. The third kappa shape index (κ3) is 6.14. The van der Waals surface area contributed by atoms with Crippen molar-refractivity contribution in [2.75, 3.05) is 23.7 Å². The molecule has 13 heteroatoms. The Morgan fingerprint density at radius 2 is 2.00 bits per heavy atom. The molecule has 0 radical (unpaired) electrons. The Balaban J connectivity index is 1.57. The van der Waals surface area contributed by atoms with Crippen molar-refractivity contribution in [3.63, 3.8) is 0 Å². The summed E-state index contributed by atoms with van der Waals surface area (Å²) in [6.07, 6.45) is -1.15. The van der Waals surface area contributed by atoms with Crippen LogP contribution in [-0.2, 0) is 0 Å². The van der Waals surface area contributed by atoms with E-state index >= 15 is 0 Å². The lowest BCUT2D eigenvalue weighted by molar-refractivity contribution is -0.133. The number of fused-ring (bicyclic) bond motifs is 1. The van der Waals surface area contributed by atoms with Crippen molar-refractivity contribution in [3.8, 4) is 12.1 Å². The van der Waals surface area contributed by atoms with Crippen LogP contribution in [0.3, 0.4) is 0 Å². The summed E-state index contributed by atoms with van der Waals surface area (Å²) in [6, 6.07) is 7.67. The minimum atomic E-state index is -4.20. The predicted octanol–water partition coefficient (Wildman–Crippen LogP) is 4.87. The van der Waals surface area contributed by atoms with Crippen molar-refractivity contribution in [2.45, 2.75) is 50.7 Å². The van der Waals surface area contributed by atoms with Crippen LogP contribution in [0.5, 0.6) is 0 Å². The van der Waals surface area contributed by atoms with Crippen LogP contribution in [0.4, 0.5) is 30.6 Å². The van der Waals surface area contributed by atoms with E-state index in [9.17, 15) is 23.7 Å². The fourth-order valence-corrected chi connectivity index (χ4v) is 3.98. The highest BCUT2D eigenvalue weighted by Gasteiger charge is 2.26. The van der Waals surface area contributed by atoms with E-state index in [2.05, 4.69) is 37.1 Å². The van der Waals surface area contributed by atoms with Gasteiger partial charge in [-0.2, -0.15) is 33.2 Å². The Kier molecular flexibility index (Phi) is 7.48. The number of nitriles is 2. The first-order chi connectivity index (χ1) is 17.2. The first-order valence-electron chi connectivity index (χ1n) is 11.4.